The van der Waals surface area contributed by atoms with Crippen molar-refractivity contribution in [1.29, 1.82) is 5.26 Å². The summed E-state index contributed by atoms with van der Waals surface area (Å²) in [5.74, 6) is 5.16. The number of nitrogens with one attached hydrogen (secondary N) is 1. The minimum absolute atomic E-state index is 0.290. The molecule has 33 heavy (non-hydrogen) atoms. The first kappa shape index (κ1) is 25.4. The van der Waals surface area contributed by atoms with Gasteiger partial charge in [0, 0.05) is 13.6 Å². The predicted molar refractivity (Wildman–Crippen MR) is 122 cm³/mol. The fraction of sp³-hybridized carbons (Fsp3) is 0.280. The summed E-state index contributed by atoms with van der Waals surface area (Å²) in [4.78, 5) is 13.4. The molecule has 0 radical (unpaired) electrons. The van der Waals surface area contributed by atoms with Crippen molar-refractivity contribution >= 4 is 11.6 Å². The third-order valence-electron chi connectivity index (χ3n) is 4.90. The van der Waals surface area contributed by atoms with E-state index in [4.69, 9.17) is 0 Å². The van der Waals surface area contributed by atoms with E-state index in [0.29, 0.717) is 35.3 Å². The van der Waals surface area contributed by atoms with Gasteiger partial charge in [-0.25, -0.2) is 0 Å². The second kappa shape index (κ2) is 11.1. The number of nitriles is 1. The maximum Gasteiger partial charge on any atom is 0.573 e. The molecule has 0 fully saturated rings. The molecule has 0 bridgehead atoms. The van der Waals surface area contributed by atoms with Crippen molar-refractivity contribution in [1.82, 2.24) is 5.32 Å². The highest BCUT2D eigenvalue weighted by atomic mass is 19.4. The SMILES string of the molecule is C=CC(=O)NCCc1cc(-c2ccc(OC(F)(F)F)cc2)c(C)c(N(C)CC#CC)c1C#N. The highest BCUT2D eigenvalue weighted by Crippen LogP contribution is 2.37. The van der Waals surface area contributed by atoms with E-state index in [1.165, 1.54) is 30.3 Å². The molecular formula is C25H24F3N3O2. The Morgan fingerprint density at radius 3 is 2.52 bits per heavy atom. The van der Waals surface area contributed by atoms with Gasteiger partial charge in [0.25, 0.3) is 0 Å². The summed E-state index contributed by atoms with van der Waals surface area (Å²) in [6, 6.07) is 9.66. The fourth-order valence-corrected chi connectivity index (χ4v) is 3.43. The average Bonchev–Trinajstić information content (AvgIpc) is 2.77. The van der Waals surface area contributed by atoms with E-state index in [9.17, 15) is 23.2 Å². The standard InChI is InChI=1S/C25H24F3N3O2/c1-5-7-14-31(4)24-17(3)21(18-8-10-20(11-9-18)33-25(26,27)28)15-19(22(24)16-29)12-13-30-23(32)6-2/h6,8-11,15H,2,12-14H2,1,3-4H3,(H,30,32). The van der Waals surface area contributed by atoms with Gasteiger partial charge in [-0.3, -0.25) is 4.79 Å². The van der Waals surface area contributed by atoms with Crippen molar-refractivity contribution in [3.63, 3.8) is 0 Å². The average molecular weight is 455 g/mol. The Kier molecular flexibility index (Phi) is 8.53. The number of rotatable bonds is 8. The molecule has 5 nitrogen and oxygen atoms in total. The van der Waals surface area contributed by atoms with Crippen LogP contribution in [0.5, 0.6) is 5.75 Å². The summed E-state index contributed by atoms with van der Waals surface area (Å²) in [5, 5.41) is 12.6. The molecule has 2 rings (SSSR count). The Balaban J connectivity index is 2.57. The lowest BCUT2D eigenvalue weighted by Gasteiger charge is -2.25. The number of hydrogen-bond donors (Lipinski definition) is 1. The van der Waals surface area contributed by atoms with Crippen LogP contribution in [0, 0.1) is 30.1 Å². The number of alkyl halides is 3. The van der Waals surface area contributed by atoms with Gasteiger partial charge in [-0.1, -0.05) is 24.6 Å². The normalized spacial score (nSPS) is 10.5. The van der Waals surface area contributed by atoms with Crippen LogP contribution in [0.25, 0.3) is 11.1 Å². The number of carbonyl (C=O) groups is 1. The Bertz CT molecular complexity index is 1120. The Labute approximate surface area is 191 Å². The topological polar surface area (TPSA) is 65.4 Å². The number of anilines is 1. The summed E-state index contributed by atoms with van der Waals surface area (Å²) < 4.78 is 41.5. The molecule has 0 heterocycles. The van der Waals surface area contributed by atoms with E-state index >= 15 is 0 Å². The zero-order valence-electron chi connectivity index (χ0n) is 18.6. The molecule has 0 aliphatic heterocycles. The quantitative estimate of drug-likeness (QED) is 0.462. The Morgan fingerprint density at radius 2 is 1.97 bits per heavy atom. The zero-order chi connectivity index (χ0) is 24.6. The van der Waals surface area contributed by atoms with Gasteiger partial charge in [0.2, 0.25) is 5.91 Å². The van der Waals surface area contributed by atoms with Gasteiger partial charge in [-0.05, 0) is 66.8 Å². The third-order valence-corrected chi connectivity index (χ3v) is 4.90. The Hall–Kier alpha value is -3.91. The van der Waals surface area contributed by atoms with Crippen molar-refractivity contribution in [2.45, 2.75) is 26.6 Å². The van der Waals surface area contributed by atoms with Crippen LogP contribution in [0.4, 0.5) is 18.9 Å². The lowest BCUT2D eigenvalue weighted by atomic mass is 9.90. The van der Waals surface area contributed by atoms with Crippen molar-refractivity contribution in [2.75, 3.05) is 25.0 Å². The molecule has 1 N–H and O–H groups in total. The summed E-state index contributed by atoms with van der Waals surface area (Å²) >= 11 is 0. The van der Waals surface area contributed by atoms with Crippen LogP contribution in [-0.2, 0) is 11.2 Å². The minimum Gasteiger partial charge on any atom is -0.406 e. The molecule has 0 saturated carbocycles. The van der Waals surface area contributed by atoms with E-state index in [0.717, 1.165) is 11.1 Å². The van der Waals surface area contributed by atoms with Crippen LogP contribution in [0.3, 0.4) is 0 Å². The molecule has 0 spiro atoms. The first-order valence-corrected chi connectivity index (χ1v) is 10.0. The number of halogens is 3. The zero-order valence-corrected chi connectivity index (χ0v) is 18.6. The third kappa shape index (κ3) is 6.78. The van der Waals surface area contributed by atoms with Gasteiger partial charge >= 0.3 is 6.36 Å². The van der Waals surface area contributed by atoms with E-state index in [-0.39, 0.29) is 18.2 Å². The molecular weight excluding hydrogens is 431 g/mol. The molecule has 2 aromatic carbocycles. The van der Waals surface area contributed by atoms with Crippen LogP contribution in [0.2, 0.25) is 0 Å². The largest absolute Gasteiger partial charge is 0.573 e. The van der Waals surface area contributed by atoms with E-state index in [1.807, 2.05) is 24.9 Å². The number of carbonyl (C=O) groups excluding carboxylic acids is 1. The van der Waals surface area contributed by atoms with E-state index in [2.05, 4.69) is 34.5 Å². The molecule has 0 aliphatic rings. The smallest absolute Gasteiger partial charge is 0.406 e. The van der Waals surface area contributed by atoms with Gasteiger partial charge in [0.05, 0.1) is 17.8 Å². The van der Waals surface area contributed by atoms with Crippen molar-refractivity contribution in [2.24, 2.45) is 0 Å². The molecule has 1 amide bonds. The van der Waals surface area contributed by atoms with Crippen LogP contribution in [-0.4, -0.2) is 32.4 Å². The fourth-order valence-electron chi connectivity index (χ4n) is 3.43. The number of benzene rings is 2. The summed E-state index contributed by atoms with van der Waals surface area (Å²) in [7, 11) is 1.82. The van der Waals surface area contributed by atoms with Crippen LogP contribution >= 0.6 is 0 Å². The second-order valence-corrected chi connectivity index (χ2v) is 7.14. The monoisotopic (exact) mass is 455 g/mol. The molecule has 2 aromatic rings. The lowest BCUT2D eigenvalue weighted by molar-refractivity contribution is -0.274. The van der Waals surface area contributed by atoms with Crippen LogP contribution in [0.1, 0.15) is 23.6 Å². The summed E-state index contributed by atoms with van der Waals surface area (Å²) in [6.07, 6.45) is -3.23. The summed E-state index contributed by atoms with van der Waals surface area (Å²) in [6.45, 7) is 7.67. The predicted octanol–water partition coefficient (Wildman–Crippen LogP) is 4.74. The van der Waals surface area contributed by atoms with Gasteiger partial charge in [0.1, 0.15) is 11.8 Å². The molecule has 0 aliphatic carbocycles. The van der Waals surface area contributed by atoms with Crippen molar-refractivity contribution in [3.05, 3.63) is 59.7 Å². The number of hydrogen-bond acceptors (Lipinski definition) is 4. The first-order chi connectivity index (χ1) is 15.6. The second-order valence-electron chi connectivity index (χ2n) is 7.14. The Morgan fingerprint density at radius 1 is 1.30 bits per heavy atom. The van der Waals surface area contributed by atoms with Gasteiger partial charge in [-0.15, -0.1) is 19.1 Å². The minimum atomic E-state index is -4.77. The lowest BCUT2D eigenvalue weighted by Crippen LogP contribution is -2.24. The van der Waals surface area contributed by atoms with Gasteiger partial charge < -0.3 is 15.0 Å². The number of ether oxygens (including phenoxy) is 1. The molecule has 172 valence electrons. The van der Waals surface area contributed by atoms with Crippen LogP contribution in [0.15, 0.2) is 43.0 Å². The molecule has 0 aromatic heterocycles. The van der Waals surface area contributed by atoms with Gasteiger partial charge in [-0.2, -0.15) is 5.26 Å². The van der Waals surface area contributed by atoms with Crippen molar-refractivity contribution in [3.8, 4) is 34.8 Å². The summed E-state index contributed by atoms with van der Waals surface area (Å²) in [5.41, 5.74) is 4.04. The maximum absolute atomic E-state index is 12.5. The van der Waals surface area contributed by atoms with E-state index < -0.39 is 6.36 Å². The molecule has 0 saturated heterocycles. The molecule has 0 atom stereocenters. The highest BCUT2D eigenvalue weighted by molar-refractivity contribution is 5.86. The number of amides is 1. The molecule has 0 unspecified atom stereocenters. The maximum atomic E-state index is 12.5. The number of nitrogens with zero attached hydrogens (tertiary/aromatic N) is 2. The van der Waals surface area contributed by atoms with Crippen LogP contribution < -0.4 is 15.0 Å². The van der Waals surface area contributed by atoms with E-state index in [1.54, 1.807) is 6.92 Å². The van der Waals surface area contributed by atoms with Gasteiger partial charge in [0.15, 0.2) is 0 Å². The van der Waals surface area contributed by atoms with Crippen molar-refractivity contribution < 1.29 is 22.7 Å². The first-order valence-electron chi connectivity index (χ1n) is 10.0. The highest BCUT2D eigenvalue weighted by Gasteiger charge is 2.31. The molecule has 8 heteroatoms.